The van der Waals surface area contributed by atoms with Gasteiger partial charge in [-0.05, 0) is 42.7 Å². The first-order valence-electron chi connectivity index (χ1n) is 9.18. The van der Waals surface area contributed by atoms with Crippen LogP contribution in [-0.2, 0) is 10.0 Å². The van der Waals surface area contributed by atoms with Crippen molar-refractivity contribution in [1.29, 1.82) is 0 Å². The second-order valence-corrected chi connectivity index (χ2v) is 8.89. The number of sulfonamides is 1. The molecule has 0 aliphatic carbocycles. The molecule has 158 valence electrons. The topological polar surface area (TPSA) is 90.4 Å². The molecule has 3 aromatic rings. The highest BCUT2D eigenvalue weighted by atomic mass is 35.5. The molecule has 0 amide bonds. The van der Waals surface area contributed by atoms with Gasteiger partial charge in [-0.15, -0.1) is 0 Å². The third-order valence-electron chi connectivity index (χ3n) is 4.29. The van der Waals surface area contributed by atoms with Crippen LogP contribution in [0.4, 0.5) is 5.82 Å². The number of hydrogen-bond acceptors (Lipinski definition) is 6. The number of nitrogens with one attached hydrogen (secondary N) is 1. The first-order chi connectivity index (χ1) is 14.2. The lowest BCUT2D eigenvalue weighted by Crippen LogP contribution is -2.15. The first-order valence-corrected chi connectivity index (χ1v) is 11.0. The molecule has 0 bridgehead atoms. The zero-order valence-electron chi connectivity index (χ0n) is 17.0. The number of rotatable bonds is 7. The fourth-order valence-corrected chi connectivity index (χ4v) is 3.94. The zero-order valence-corrected chi connectivity index (χ0v) is 18.6. The average molecular weight is 448 g/mol. The molecule has 7 nitrogen and oxygen atoms in total. The molecule has 2 aromatic carbocycles. The molecule has 1 aromatic heterocycles. The number of ether oxygens (including phenoxy) is 2. The molecule has 0 atom stereocenters. The molecule has 0 spiro atoms. The van der Waals surface area contributed by atoms with E-state index in [9.17, 15) is 8.42 Å². The summed E-state index contributed by atoms with van der Waals surface area (Å²) in [5.74, 6) is 1.50. The van der Waals surface area contributed by atoms with Crippen LogP contribution in [0.1, 0.15) is 31.2 Å². The highest BCUT2D eigenvalue weighted by Gasteiger charge is 2.22. The van der Waals surface area contributed by atoms with Crippen molar-refractivity contribution >= 4 is 27.4 Å². The molecule has 3 rings (SSSR count). The molecular weight excluding hydrogens is 426 g/mol. The van der Waals surface area contributed by atoms with Gasteiger partial charge in [0.2, 0.25) is 5.75 Å². The van der Waals surface area contributed by atoms with Crippen LogP contribution in [0.2, 0.25) is 5.15 Å². The summed E-state index contributed by atoms with van der Waals surface area (Å²) in [6.07, 6.45) is 0. The van der Waals surface area contributed by atoms with E-state index in [0.717, 1.165) is 5.56 Å². The largest absolute Gasteiger partial charge is 0.497 e. The molecular formula is C21H22ClN3O4S. The third-order valence-corrected chi connectivity index (χ3v) is 5.90. The van der Waals surface area contributed by atoms with Crippen LogP contribution < -0.4 is 14.2 Å². The molecule has 0 fully saturated rings. The normalized spacial score (nSPS) is 11.4. The molecule has 0 aliphatic rings. The van der Waals surface area contributed by atoms with E-state index in [0.29, 0.717) is 23.2 Å². The van der Waals surface area contributed by atoms with Gasteiger partial charge in [0.1, 0.15) is 17.3 Å². The van der Waals surface area contributed by atoms with Crippen molar-refractivity contribution in [1.82, 2.24) is 9.97 Å². The maximum Gasteiger partial charge on any atom is 0.263 e. The van der Waals surface area contributed by atoms with Crippen LogP contribution in [0.15, 0.2) is 53.4 Å². The van der Waals surface area contributed by atoms with E-state index in [1.807, 2.05) is 13.8 Å². The Bertz CT molecular complexity index is 1150. The molecule has 0 radical (unpaired) electrons. The first kappa shape index (κ1) is 21.9. The lowest BCUT2D eigenvalue weighted by Gasteiger charge is -2.15. The van der Waals surface area contributed by atoms with Crippen LogP contribution in [0.3, 0.4) is 0 Å². The number of aryl methyl sites for hydroxylation is 1. The molecule has 1 heterocycles. The van der Waals surface area contributed by atoms with Gasteiger partial charge in [0.05, 0.1) is 12.0 Å². The molecule has 0 saturated carbocycles. The SMILES string of the molecule is COc1cccc(Oc2c(Cl)nc(C)nc2NS(=O)(=O)c2ccc(C(C)C)cc2)c1. The Morgan fingerprint density at radius 2 is 1.70 bits per heavy atom. The minimum atomic E-state index is -3.92. The standard InChI is InChI=1S/C21H22ClN3O4S/c1-13(2)15-8-10-18(11-9-15)30(26,27)25-21-19(20(22)23-14(3)24-21)29-17-7-5-6-16(12-17)28-4/h5-13H,1-4H3,(H,23,24,25). The summed E-state index contributed by atoms with van der Waals surface area (Å²) >= 11 is 6.25. The van der Waals surface area contributed by atoms with Gasteiger partial charge >= 0.3 is 0 Å². The van der Waals surface area contributed by atoms with Crippen molar-refractivity contribution in [2.45, 2.75) is 31.6 Å². The van der Waals surface area contributed by atoms with E-state index in [-0.39, 0.29) is 21.6 Å². The number of benzene rings is 2. The zero-order chi connectivity index (χ0) is 21.9. The summed E-state index contributed by atoms with van der Waals surface area (Å²) in [6, 6.07) is 13.5. The van der Waals surface area contributed by atoms with Gasteiger partial charge in [-0.25, -0.2) is 18.4 Å². The minimum absolute atomic E-state index is 0.00195. The van der Waals surface area contributed by atoms with Crippen LogP contribution in [0, 0.1) is 6.92 Å². The summed E-state index contributed by atoms with van der Waals surface area (Å²) in [5.41, 5.74) is 1.04. The quantitative estimate of drug-likeness (QED) is 0.503. The van der Waals surface area contributed by atoms with Gasteiger partial charge in [0.15, 0.2) is 11.0 Å². The van der Waals surface area contributed by atoms with E-state index in [4.69, 9.17) is 21.1 Å². The van der Waals surface area contributed by atoms with Crippen LogP contribution >= 0.6 is 11.6 Å². The summed E-state index contributed by atoms with van der Waals surface area (Å²) in [6.45, 7) is 5.68. The molecule has 0 aliphatic heterocycles. The Labute approximate surface area is 181 Å². The summed E-state index contributed by atoms with van der Waals surface area (Å²) in [4.78, 5) is 8.36. The van der Waals surface area contributed by atoms with E-state index in [2.05, 4.69) is 14.7 Å². The Kier molecular flexibility index (Phi) is 6.48. The Morgan fingerprint density at radius 1 is 1.03 bits per heavy atom. The monoisotopic (exact) mass is 447 g/mol. The lowest BCUT2D eigenvalue weighted by molar-refractivity contribution is 0.409. The second-order valence-electron chi connectivity index (χ2n) is 6.85. The van der Waals surface area contributed by atoms with E-state index >= 15 is 0 Å². The fraction of sp³-hybridized carbons (Fsp3) is 0.238. The average Bonchev–Trinajstić information content (AvgIpc) is 2.70. The van der Waals surface area contributed by atoms with Gasteiger partial charge in [-0.2, -0.15) is 0 Å². The molecule has 1 N–H and O–H groups in total. The third kappa shape index (κ3) is 5.01. The number of hydrogen-bond donors (Lipinski definition) is 1. The number of methoxy groups -OCH3 is 1. The Balaban J connectivity index is 1.96. The highest BCUT2D eigenvalue weighted by molar-refractivity contribution is 7.92. The molecule has 0 unspecified atom stereocenters. The molecule has 9 heteroatoms. The fourth-order valence-electron chi connectivity index (χ4n) is 2.69. The predicted octanol–water partition coefficient (Wildman–Crippen LogP) is 5.16. The van der Waals surface area contributed by atoms with Crippen molar-refractivity contribution in [3.63, 3.8) is 0 Å². The van der Waals surface area contributed by atoms with Crippen molar-refractivity contribution in [3.8, 4) is 17.2 Å². The molecule has 0 saturated heterocycles. The minimum Gasteiger partial charge on any atom is -0.497 e. The number of halogens is 1. The number of nitrogens with zero attached hydrogens (tertiary/aromatic N) is 2. The van der Waals surface area contributed by atoms with Crippen molar-refractivity contribution in [2.24, 2.45) is 0 Å². The van der Waals surface area contributed by atoms with Gasteiger partial charge in [-0.3, -0.25) is 4.72 Å². The van der Waals surface area contributed by atoms with Crippen molar-refractivity contribution in [2.75, 3.05) is 11.8 Å². The smallest absolute Gasteiger partial charge is 0.263 e. The highest BCUT2D eigenvalue weighted by Crippen LogP contribution is 2.36. The maximum absolute atomic E-state index is 12.9. The predicted molar refractivity (Wildman–Crippen MR) is 116 cm³/mol. The summed E-state index contributed by atoms with van der Waals surface area (Å²) in [5, 5.41) is -0.0156. The summed E-state index contributed by atoms with van der Waals surface area (Å²) in [7, 11) is -2.39. The van der Waals surface area contributed by atoms with Crippen LogP contribution in [-0.4, -0.2) is 25.5 Å². The van der Waals surface area contributed by atoms with E-state index in [1.54, 1.807) is 55.5 Å². The van der Waals surface area contributed by atoms with Gasteiger partial charge in [-0.1, -0.05) is 43.6 Å². The van der Waals surface area contributed by atoms with Gasteiger partial charge in [0, 0.05) is 6.07 Å². The maximum atomic E-state index is 12.9. The Hall–Kier alpha value is -2.84. The van der Waals surface area contributed by atoms with Crippen LogP contribution in [0.5, 0.6) is 17.2 Å². The lowest BCUT2D eigenvalue weighted by atomic mass is 10.0. The second kappa shape index (κ2) is 8.89. The Morgan fingerprint density at radius 3 is 2.33 bits per heavy atom. The van der Waals surface area contributed by atoms with Crippen LogP contribution in [0.25, 0.3) is 0 Å². The summed E-state index contributed by atoms with van der Waals surface area (Å²) < 4.78 is 39.3. The van der Waals surface area contributed by atoms with Crippen molar-refractivity contribution < 1.29 is 17.9 Å². The number of aromatic nitrogens is 2. The molecule has 30 heavy (non-hydrogen) atoms. The van der Waals surface area contributed by atoms with Crippen molar-refractivity contribution in [3.05, 3.63) is 65.1 Å². The van der Waals surface area contributed by atoms with E-state index < -0.39 is 10.0 Å². The van der Waals surface area contributed by atoms with Gasteiger partial charge < -0.3 is 9.47 Å². The van der Waals surface area contributed by atoms with E-state index in [1.165, 1.54) is 7.11 Å². The van der Waals surface area contributed by atoms with Gasteiger partial charge in [0.25, 0.3) is 10.0 Å². The number of anilines is 1.